The molecular formula is C13H21F3N2OS. The van der Waals surface area contributed by atoms with Gasteiger partial charge in [-0.3, -0.25) is 4.79 Å². The lowest BCUT2D eigenvalue weighted by molar-refractivity contribution is -0.216. The van der Waals surface area contributed by atoms with Crippen LogP contribution in [-0.2, 0) is 4.79 Å². The topological polar surface area (TPSA) is 41.1 Å². The smallest absolute Gasteiger partial charge is 0.351 e. The second-order valence-electron chi connectivity index (χ2n) is 5.65. The zero-order chi connectivity index (χ0) is 14.8. The predicted molar refractivity (Wildman–Crippen MR) is 73.7 cm³/mol. The molecule has 3 unspecified atom stereocenters. The van der Waals surface area contributed by atoms with Crippen LogP contribution < -0.4 is 10.6 Å². The highest BCUT2D eigenvalue weighted by Crippen LogP contribution is 2.43. The molecule has 1 amide bonds. The standard InChI is InChI=1S/C13H21F3N2OS/c1-20-10-5-3-2-4-9(10)18-11(19)12(13(14,15)16)6-7-17-8-12/h9-10,17H,2-8H2,1H3,(H,18,19). The molecular weight excluding hydrogens is 289 g/mol. The minimum atomic E-state index is -4.50. The van der Waals surface area contributed by atoms with Crippen molar-refractivity contribution in [3.8, 4) is 0 Å². The van der Waals surface area contributed by atoms with Gasteiger partial charge in [-0.2, -0.15) is 24.9 Å². The Morgan fingerprint density at radius 3 is 2.60 bits per heavy atom. The third kappa shape index (κ3) is 2.93. The molecule has 0 radical (unpaired) electrons. The summed E-state index contributed by atoms with van der Waals surface area (Å²) in [4.78, 5) is 12.3. The van der Waals surface area contributed by atoms with Crippen LogP contribution in [-0.4, -0.2) is 42.7 Å². The first-order valence-electron chi connectivity index (χ1n) is 7.02. The summed E-state index contributed by atoms with van der Waals surface area (Å²) in [5.74, 6) is -0.846. The van der Waals surface area contributed by atoms with E-state index in [0.717, 1.165) is 25.7 Å². The average Bonchev–Trinajstić information content (AvgIpc) is 2.89. The summed E-state index contributed by atoms with van der Waals surface area (Å²) < 4.78 is 39.9. The SMILES string of the molecule is CSC1CCCCC1NC(=O)C1(C(F)(F)F)CCNC1. The molecule has 1 aliphatic carbocycles. The molecule has 2 aliphatic rings. The summed E-state index contributed by atoms with van der Waals surface area (Å²) in [7, 11) is 0. The number of halogens is 3. The first kappa shape index (κ1) is 15.9. The molecule has 0 bridgehead atoms. The van der Waals surface area contributed by atoms with Gasteiger partial charge in [-0.05, 0) is 32.1 Å². The molecule has 116 valence electrons. The maximum Gasteiger partial charge on any atom is 0.404 e. The second-order valence-corrected chi connectivity index (χ2v) is 6.72. The van der Waals surface area contributed by atoms with Gasteiger partial charge in [0, 0.05) is 17.8 Å². The Kier molecular flexibility index (Phi) is 4.89. The van der Waals surface area contributed by atoms with E-state index in [1.807, 2.05) is 6.26 Å². The van der Waals surface area contributed by atoms with Gasteiger partial charge in [0.25, 0.3) is 0 Å². The maximum absolute atomic E-state index is 13.3. The summed E-state index contributed by atoms with van der Waals surface area (Å²) in [5, 5.41) is 5.60. The van der Waals surface area contributed by atoms with E-state index < -0.39 is 17.5 Å². The largest absolute Gasteiger partial charge is 0.404 e. The first-order valence-corrected chi connectivity index (χ1v) is 8.31. The molecule has 20 heavy (non-hydrogen) atoms. The van der Waals surface area contributed by atoms with Crippen LogP contribution in [0, 0.1) is 5.41 Å². The number of carbonyl (C=O) groups is 1. The molecule has 0 aromatic heterocycles. The molecule has 3 atom stereocenters. The van der Waals surface area contributed by atoms with Gasteiger partial charge in [0.1, 0.15) is 0 Å². The summed E-state index contributed by atoms with van der Waals surface area (Å²) in [6, 6.07) is -0.133. The molecule has 2 N–H and O–H groups in total. The van der Waals surface area contributed by atoms with E-state index in [1.165, 1.54) is 0 Å². The lowest BCUT2D eigenvalue weighted by Crippen LogP contribution is -2.56. The quantitative estimate of drug-likeness (QED) is 0.840. The molecule has 0 spiro atoms. The van der Waals surface area contributed by atoms with E-state index in [1.54, 1.807) is 11.8 Å². The summed E-state index contributed by atoms with van der Waals surface area (Å²) in [5.41, 5.74) is -2.24. The summed E-state index contributed by atoms with van der Waals surface area (Å²) >= 11 is 1.63. The normalized spacial score (nSPS) is 35.0. The first-order chi connectivity index (χ1) is 9.40. The van der Waals surface area contributed by atoms with Crippen LogP contribution in [0.4, 0.5) is 13.2 Å². The number of hydrogen-bond acceptors (Lipinski definition) is 3. The Bertz CT molecular complexity index is 356. The molecule has 2 fully saturated rings. The van der Waals surface area contributed by atoms with Crippen LogP contribution in [0.1, 0.15) is 32.1 Å². The van der Waals surface area contributed by atoms with Crippen molar-refractivity contribution in [2.75, 3.05) is 19.3 Å². The van der Waals surface area contributed by atoms with E-state index in [2.05, 4.69) is 10.6 Å². The van der Waals surface area contributed by atoms with Gasteiger partial charge in [0.2, 0.25) is 5.91 Å². The Balaban J connectivity index is 2.09. The molecule has 7 heteroatoms. The Hall–Kier alpha value is -0.430. The zero-order valence-electron chi connectivity index (χ0n) is 11.6. The van der Waals surface area contributed by atoms with Crippen LogP contribution in [0.5, 0.6) is 0 Å². The third-order valence-corrected chi connectivity index (χ3v) is 5.62. The summed E-state index contributed by atoms with van der Waals surface area (Å²) in [6.07, 6.45) is 1.08. The maximum atomic E-state index is 13.3. The van der Waals surface area contributed by atoms with Crippen molar-refractivity contribution in [3.05, 3.63) is 0 Å². The molecule has 3 nitrogen and oxygen atoms in total. The minimum Gasteiger partial charge on any atom is -0.351 e. The highest BCUT2D eigenvalue weighted by atomic mass is 32.2. The molecule has 1 saturated heterocycles. The van der Waals surface area contributed by atoms with Crippen molar-refractivity contribution >= 4 is 17.7 Å². The highest BCUT2D eigenvalue weighted by molar-refractivity contribution is 7.99. The molecule has 0 aromatic carbocycles. The van der Waals surface area contributed by atoms with E-state index in [-0.39, 0.29) is 30.8 Å². The van der Waals surface area contributed by atoms with Gasteiger partial charge in [-0.25, -0.2) is 0 Å². The van der Waals surface area contributed by atoms with Crippen LogP contribution in [0.3, 0.4) is 0 Å². The van der Waals surface area contributed by atoms with Gasteiger partial charge in [0.05, 0.1) is 0 Å². The summed E-state index contributed by atoms with van der Waals surface area (Å²) in [6.45, 7) is -0.0669. The number of alkyl halides is 3. The van der Waals surface area contributed by atoms with Crippen LogP contribution >= 0.6 is 11.8 Å². The number of amides is 1. The number of hydrogen-bond donors (Lipinski definition) is 2. The Morgan fingerprint density at radius 1 is 1.35 bits per heavy atom. The van der Waals surface area contributed by atoms with Crippen molar-refractivity contribution in [1.29, 1.82) is 0 Å². The number of nitrogens with one attached hydrogen (secondary N) is 2. The van der Waals surface area contributed by atoms with Crippen molar-refractivity contribution < 1.29 is 18.0 Å². The van der Waals surface area contributed by atoms with Gasteiger partial charge < -0.3 is 10.6 Å². The van der Waals surface area contributed by atoms with Crippen molar-refractivity contribution in [3.63, 3.8) is 0 Å². The van der Waals surface area contributed by atoms with Crippen molar-refractivity contribution in [2.45, 2.75) is 49.6 Å². The molecule has 2 rings (SSSR count). The fraction of sp³-hybridized carbons (Fsp3) is 0.923. The highest BCUT2D eigenvalue weighted by Gasteiger charge is 2.61. The molecule has 1 saturated carbocycles. The number of carbonyl (C=O) groups excluding carboxylic acids is 1. The minimum absolute atomic E-state index is 0.133. The fourth-order valence-electron chi connectivity index (χ4n) is 3.11. The van der Waals surface area contributed by atoms with Gasteiger partial charge >= 0.3 is 6.18 Å². The third-order valence-electron chi connectivity index (χ3n) is 4.45. The van der Waals surface area contributed by atoms with Crippen LogP contribution in [0.2, 0.25) is 0 Å². The van der Waals surface area contributed by atoms with Crippen LogP contribution in [0.15, 0.2) is 0 Å². The van der Waals surface area contributed by atoms with E-state index >= 15 is 0 Å². The molecule has 1 aliphatic heterocycles. The zero-order valence-corrected chi connectivity index (χ0v) is 12.4. The second kappa shape index (κ2) is 6.13. The number of thioether (sulfide) groups is 1. The molecule has 1 heterocycles. The lowest BCUT2D eigenvalue weighted by Gasteiger charge is -2.35. The Morgan fingerprint density at radius 2 is 2.05 bits per heavy atom. The van der Waals surface area contributed by atoms with E-state index in [4.69, 9.17) is 0 Å². The van der Waals surface area contributed by atoms with Crippen molar-refractivity contribution in [2.24, 2.45) is 5.41 Å². The van der Waals surface area contributed by atoms with Gasteiger partial charge in [-0.1, -0.05) is 12.8 Å². The van der Waals surface area contributed by atoms with E-state index in [9.17, 15) is 18.0 Å². The predicted octanol–water partition coefficient (Wildman–Crippen LogP) is 2.32. The lowest BCUT2D eigenvalue weighted by atomic mass is 9.84. The fourth-order valence-corrected chi connectivity index (χ4v) is 4.04. The van der Waals surface area contributed by atoms with Crippen molar-refractivity contribution in [1.82, 2.24) is 10.6 Å². The van der Waals surface area contributed by atoms with Gasteiger partial charge in [-0.15, -0.1) is 0 Å². The van der Waals surface area contributed by atoms with E-state index in [0.29, 0.717) is 0 Å². The average molecular weight is 310 g/mol. The van der Waals surface area contributed by atoms with Crippen LogP contribution in [0.25, 0.3) is 0 Å². The molecule has 0 aromatic rings. The monoisotopic (exact) mass is 310 g/mol. The number of rotatable bonds is 3. The van der Waals surface area contributed by atoms with Gasteiger partial charge in [0.15, 0.2) is 5.41 Å². The Labute approximate surface area is 121 Å².